The zero-order chi connectivity index (χ0) is 46.8. The van der Waals surface area contributed by atoms with Gasteiger partial charge in [-0.15, -0.1) is 0 Å². The third-order valence-corrected chi connectivity index (χ3v) is 14.9. The molecule has 14 heteroatoms. The SMILES string of the molecule is CCCCCCCCCCCCCOCCOCCOCCOCCOCCO[Si](C)(CCCS)CCCCCCCCCCCCC.OCCOCCOCCOCCOCCO. The lowest BCUT2D eigenvalue weighted by Crippen LogP contribution is -2.35. The smallest absolute Gasteiger partial charge is 0.189 e. The van der Waals surface area contributed by atoms with Crippen molar-refractivity contribution in [3.05, 3.63) is 0 Å². The van der Waals surface area contributed by atoms with Crippen molar-refractivity contribution in [1.29, 1.82) is 0 Å². The van der Waals surface area contributed by atoms with Crippen molar-refractivity contribution in [2.24, 2.45) is 0 Å². The van der Waals surface area contributed by atoms with Gasteiger partial charge in [-0.05, 0) is 37.2 Å². The summed E-state index contributed by atoms with van der Waals surface area (Å²) in [6.07, 6.45) is 31.4. The fourth-order valence-electron chi connectivity index (χ4n) is 6.97. The van der Waals surface area contributed by atoms with E-state index < -0.39 is 8.32 Å². The van der Waals surface area contributed by atoms with Crippen LogP contribution >= 0.6 is 12.6 Å². The summed E-state index contributed by atoms with van der Waals surface area (Å²) in [5.41, 5.74) is 0. The minimum absolute atomic E-state index is 0.0386. The van der Waals surface area contributed by atoms with Crippen molar-refractivity contribution in [3.63, 3.8) is 0 Å². The number of unbranched alkanes of at least 4 members (excludes halogenated alkanes) is 20. The Balaban J connectivity index is 0. The molecule has 12 nitrogen and oxygen atoms in total. The van der Waals surface area contributed by atoms with E-state index in [0.717, 1.165) is 25.2 Å². The summed E-state index contributed by atoms with van der Waals surface area (Å²) >= 11 is 4.45. The molecule has 0 aliphatic rings. The van der Waals surface area contributed by atoms with Crippen LogP contribution in [0.2, 0.25) is 18.6 Å². The fourth-order valence-corrected chi connectivity index (χ4v) is 10.5. The van der Waals surface area contributed by atoms with Crippen LogP contribution in [0, 0.1) is 0 Å². The van der Waals surface area contributed by atoms with Crippen molar-refractivity contribution in [3.8, 4) is 0 Å². The second-order valence-electron chi connectivity index (χ2n) is 16.9. The van der Waals surface area contributed by atoms with E-state index in [1.807, 2.05) is 0 Å². The van der Waals surface area contributed by atoms with Crippen molar-refractivity contribution in [2.45, 2.75) is 180 Å². The van der Waals surface area contributed by atoms with E-state index in [0.29, 0.717) is 119 Å². The molecule has 0 aromatic heterocycles. The minimum Gasteiger partial charge on any atom is -0.415 e. The molecule has 0 fully saturated rings. The molecule has 0 aliphatic heterocycles. The van der Waals surface area contributed by atoms with Crippen LogP contribution in [0.3, 0.4) is 0 Å². The number of aliphatic hydroxyl groups is 2. The molecular formula is C50H106O12SSi. The molecule has 0 saturated heterocycles. The molecule has 0 amide bonds. The van der Waals surface area contributed by atoms with Gasteiger partial charge in [0.15, 0.2) is 8.32 Å². The lowest BCUT2D eigenvalue weighted by molar-refractivity contribution is -0.0130. The van der Waals surface area contributed by atoms with E-state index in [9.17, 15) is 0 Å². The van der Waals surface area contributed by atoms with Gasteiger partial charge in [-0.3, -0.25) is 0 Å². The van der Waals surface area contributed by atoms with E-state index in [-0.39, 0.29) is 13.2 Å². The molecule has 1 atom stereocenters. The van der Waals surface area contributed by atoms with Gasteiger partial charge >= 0.3 is 0 Å². The van der Waals surface area contributed by atoms with Crippen LogP contribution in [0.15, 0.2) is 0 Å². The highest BCUT2D eigenvalue weighted by molar-refractivity contribution is 7.80. The van der Waals surface area contributed by atoms with Gasteiger partial charge in [0, 0.05) is 6.61 Å². The molecule has 0 rings (SSSR count). The number of aliphatic hydroxyl groups excluding tert-OH is 2. The molecule has 0 heterocycles. The Morgan fingerprint density at radius 3 is 0.859 bits per heavy atom. The average molecular weight is 960 g/mol. The Bertz CT molecular complexity index is 798. The molecule has 388 valence electrons. The van der Waals surface area contributed by atoms with E-state index in [4.69, 9.17) is 57.3 Å². The average Bonchev–Trinajstić information content (AvgIpc) is 3.30. The fraction of sp³-hybridized carbons (Fsp3) is 1.00. The Hall–Kier alpha value is 0.0869. The maximum absolute atomic E-state index is 8.41. The predicted molar refractivity (Wildman–Crippen MR) is 270 cm³/mol. The molecule has 0 aromatic carbocycles. The Morgan fingerprint density at radius 2 is 0.547 bits per heavy atom. The topological polar surface area (TPSA) is 133 Å². The van der Waals surface area contributed by atoms with E-state index in [1.165, 1.54) is 147 Å². The van der Waals surface area contributed by atoms with Crippen LogP contribution < -0.4 is 0 Å². The van der Waals surface area contributed by atoms with Crippen LogP contribution in [-0.2, 0) is 47.1 Å². The van der Waals surface area contributed by atoms with Crippen molar-refractivity contribution >= 4 is 20.9 Å². The summed E-state index contributed by atoms with van der Waals surface area (Å²) in [5.74, 6) is 0.948. The van der Waals surface area contributed by atoms with Gasteiger partial charge < -0.3 is 57.3 Å². The highest BCUT2D eigenvalue weighted by Gasteiger charge is 2.27. The third-order valence-electron chi connectivity index (χ3n) is 10.8. The first-order valence-corrected chi connectivity index (χ1v) is 29.7. The summed E-state index contributed by atoms with van der Waals surface area (Å²) < 4.78 is 55.2. The van der Waals surface area contributed by atoms with Crippen LogP contribution in [0.5, 0.6) is 0 Å². The standard InChI is InChI=1S/C40H84O6SSi.C10H22O6/c1-4-6-8-10-12-14-16-18-20-22-24-27-41-28-29-42-30-31-43-32-33-44-34-35-45-36-37-46-48(3,40-26-38-47)39-25-23-21-19-17-15-13-11-9-7-5-2;11-1-3-13-5-7-15-9-10-16-8-6-14-4-2-12/h47H,4-40H2,1-3H3;11-12H,1-10H2. The molecule has 2 N–H and O–H groups in total. The summed E-state index contributed by atoms with van der Waals surface area (Å²) in [6.45, 7) is 17.8. The summed E-state index contributed by atoms with van der Waals surface area (Å²) in [7, 11) is -1.68. The maximum atomic E-state index is 8.41. The lowest BCUT2D eigenvalue weighted by atomic mass is 10.1. The van der Waals surface area contributed by atoms with Crippen LogP contribution in [0.1, 0.15) is 162 Å². The number of hydrogen-bond acceptors (Lipinski definition) is 13. The lowest BCUT2D eigenvalue weighted by Gasteiger charge is -2.27. The molecule has 0 saturated carbocycles. The van der Waals surface area contributed by atoms with Gasteiger partial charge in [0.25, 0.3) is 0 Å². The van der Waals surface area contributed by atoms with Gasteiger partial charge in [0.2, 0.25) is 0 Å². The summed E-state index contributed by atoms with van der Waals surface area (Å²) in [5, 5.41) is 16.8. The van der Waals surface area contributed by atoms with Gasteiger partial charge in [0.1, 0.15) is 0 Å². The second kappa shape index (κ2) is 61.1. The molecule has 0 radical (unpaired) electrons. The Morgan fingerprint density at radius 1 is 0.297 bits per heavy atom. The highest BCUT2D eigenvalue weighted by Crippen LogP contribution is 2.24. The highest BCUT2D eigenvalue weighted by atomic mass is 32.1. The molecule has 0 bridgehead atoms. The van der Waals surface area contributed by atoms with Crippen molar-refractivity contribution in [1.82, 2.24) is 0 Å². The summed E-state index contributed by atoms with van der Waals surface area (Å²) in [4.78, 5) is 0. The van der Waals surface area contributed by atoms with Gasteiger partial charge in [-0.25, -0.2) is 0 Å². The molecule has 0 aliphatic carbocycles. The summed E-state index contributed by atoms with van der Waals surface area (Å²) in [6, 6.07) is 2.47. The quantitative estimate of drug-likeness (QED) is 0.0305. The van der Waals surface area contributed by atoms with E-state index in [1.54, 1.807) is 0 Å². The first kappa shape index (κ1) is 66.2. The first-order chi connectivity index (χ1) is 31.6. The van der Waals surface area contributed by atoms with E-state index in [2.05, 4.69) is 33.0 Å². The first-order valence-electron chi connectivity index (χ1n) is 26.3. The monoisotopic (exact) mass is 959 g/mol. The Labute approximate surface area is 401 Å². The predicted octanol–water partition coefficient (Wildman–Crippen LogP) is 10.6. The molecule has 1 unspecified atom stereocenters. The van der Waals surface area contributed by atoms with Crippen LogP contribution in [-0.4, -0.2) is 163 Å². The Kier molecular flexibility index (Phi) is 63.2. The van der Waals surface area contributed by atoms with E-state index >= 15 is 0 Å². The number of rotatable bonds is 56. The van der Waals surface area contributed by atoms with Gasteiger partial charge in [0.05, 0.1) is 132 Å². The van der Waals surface area contributed by atoms with Crippen molar-refractivity contribution in [2.75, 3.05) is 144 Å². The van der Waals surface area contributed by atoms with Gasteiger partial charge in [-0.2, -0.15) is 12.6 Å². The molecule has 64 heavy (non-hydrogen) atoms. The number of thiol groups is 1. The van der Waals surface area contributed by atoms with Crippen molar-refractivity contribution < 1.29 is 57.3 Å². The number of ether oxygens (including phenoxy) is 9. The second-order valence-corrected chi connectivity index (χ2v) is 21.5. The minimum atomic E-state index is -1.68. The number of hydrogen-bond donors (Lipinski definition) is 3. The molecule has 0 aromatic rings. The maximum Gasteiger partial charge on any atom is 0.189 e. The zero-order valence-corrected chi connectivity index (χ0v) is 44.1. The zero-order valence-electron chi connectivity index (χ0n) is 42.2. The van der Waals surface area contributed by atoms with Crippen LogP contribution in [0.4, 0.5) is 0 Å². The molecular weight excluding hydrogens is 853 g/mol. The third kappa shape index (κ3) is 60.1. The van der Waals surface area contributed by atoms with Crippen LogP contribution in [0.25, 0.3) is 0 Å². The normalized spacial score (nSPS) is 12.5. The van der Waals surface area contributed by atoms with Gasteiger partial charge in [-0.1, -0.05) is 149 Å². The largest absolute Gasteiger partial charge is 0.415 e. The molecule has 0 spiro atoms.